The van der Waals surface area contributed by atoms with Crippen molar-refractivity contribution in [1.82, 2.24) is 10.3 Å². The molecule has 3 aromatic rings. The lowest BCUT2D eigenvalue weighted by molar-refractivity contribution is -0.385. The quantitative estimate of drug-likeness (QED) is 0.273. The van der Waals surface area contributed by atoms with Crippen molar-refractivity contribution in [3.05, 3.63) is 92.8 Å². The summed E-state index contributed by atoms with van der Waals surface area (Å²) in [5.41, 5.74) is 3.84. The smallest absolute Gasteiger partial charge is 0.407 e. The SMILES string of the molecule is O=C(NCC(O)C(O)c1cnc(Cl)c([N+](=O)[O-])c1)OCC1c2ccccc2-c2ccccc21. The second-order valence-corrected chi connectivity index (χ2v) is 7.91. The first-order valence-electron chi connectivity index (χ1n) is 10.1. The van der Waals surface area contributed by atoms with E-state index < -0.39 is 28.9 Å². The van der Waals surface area contributed by atoms with Gasteiger partial charge in [0, 0.05) is 30.3 Å². The van der Waals surface area contributed by atoms with Crippen molar-refractivity contribution in [2.45, 2.75) is 18.1 Å². The third-order valence-electron chi connectivity index (χ3n) is 5.54. The molecule has 170 valence electrons. The van der Waals surface area contributed by atoms with Crippen molar-refractivity contribution in [3.8, 4) is 11.1 Å². The zero-order chi connectivity index (χ0) is 23.5. The molecule has 1 aliphatic rings. The third-order valence-corrected chi connectivity index (χ3v) is 5.83. The fourth-order valence-corrected chi connectivity index (χ4v) is 4.09. The highest BCUT2D eigenvalue weighted by Gasteiger charge is 2.29. The van der Waals surface area contributed by atoms with Gasteiger partial charge in [0.15, 0.2) is 0 Å². The van der Waals surface area contributed by atoms with Gasteiger partial charge in [0.1, 0.15) is 18.8 Å². The molecule has 33 heavy (non-hydrogen) atoms. The molecule has 0 saturated heterocycles. The maximum absolute atomic E-state index is 12.2. The molecular formula is C23H20ClN3O6. The second-order valence-electron chi connectivity index (χ2n) is 7.55. The molecule has 0 saturated carbocycles. The topological polar surface area (TPSA) is 135 Å². The Morgan fingerprint density at radius 3 is 2.36 bits per heavy atom. The summed E-state index contributed by atoms with van der Waals surface area (Å²) in [7, 11) is 0. The van der Waals surface area contributed by atoms with Crippen LogP contribution in [-0.4, -0.2) is 45.5 Å². The molecule has 1 aliphatic carbocycles. The molecule has 1 amide bonds. The van der Waals surface area contributed by atoms with E-state index in [2.05, 4.69) is 10.3 Å². The lowest BCUT2D eigenvalue weighted by Gasteiger charge is -2.19. The van der Waals surface area contributed by atoms with Gasteiger partial charge in [0.2, 0.25) is 5.15 Å². The van der Waals surface area contributed by atoms with Crippen molar-refractivity contribution in [1.29, 1.82) is 0 Å². The highest BCUT2D eigenvalue weighted by atomic mass is 35.5. The summed E-state index contributed by atoms with van der Waals surface area (Å²) in [6.07, 6.45) is -2.62. The summed E-state index contributed by atoms with van der Waals surface area (Å²) in [6.45, 7) is -0.236. The standard InChI is InChI=1S/C23H20ClN3O6/c24-22-19(27(31)32)9-13(10-25-22)21(29)20(28)11-26-23(30)33-12-18-16-7-3-1-5-14(16)15-6-2-4-8-17(15)18/h1-10,18,20-21,28-29H,11-12H2,(H,26,30). The predicted octanol–water partition coefficient (Wildman–Crippen LogP) is 3.58. The number of aliphatic hydroxyl groups excluding tert-OH is 2. The van der Waals surface area contributed by atoms with Gasteiger partial charge in [-0.05, 0) is 22.3 Å². The molecule has 9 nitrogen and oxygen atoms in total. The highest BCUT2D eigenvalue weighted by molar-refractivity contribution is 6.31. The van der Waals surface area contributed by atoms with E-state index >= 15 is 0 Å². The van der Waals surface area contributed by atoms with Gasteiger partial charge in [-0.2, -0.15) is 0 Å². The molecule has 2 unspecified atom stereocenters. The number of hydrogen-bond acceptors (Lipinski definition) is 7. The summed E-state index contributed by atoms with van der Waals surface area (Å²) in [5, 5.41) is 33.5. The molecular weight excluding hydrogens is 450 g/mol. The van der Waals surface area contributed by atoms with Crippen LogP contribution >= 0.6 is 11.6 Å². The molecule has 0 radical (unpaired) electrons. The molecule has 4 rings (SSSR count). The molecule has 1 heterocycles. The van der Waals surface area contributed by atoms with Crippen LogP contribution < -0.4 is 5.32 Å². The van der Waals surface area contributed by atoms with Gasteiger partial charge in [-0.15, -0.1) is 0 Å². The number of benzene rings is 2. The van der Waals surface area contributed by atoms with Gasteiger partial charge >= 0.3 is 11.8 Å². The molecule has 2 atom stereocenters. The first-order valence-corrected chi connectivity index (χ1v) is 10.5. The zero-order valence-electron chi connectivity index (χ0n) is 17.2. The number of hydrogen-bond donors (Lipinski definition) is 3. The van der Waals surface area contributed by atoms with Crippen molar-refractivity contribution in [2.24, 2.45) is 0 Å². The first kappa shape index (κ1) is 22.7. The number of carbonyl (C=O) groups excluding carboxylic acids is 1. The lowest BCUT2D eigenvalue weighted by atomic mass is 9.98. The number of nitrogens with one attached hydrogen (secondary N) is 1. The normalized spacial score (nSPS) is 14.2. The van der Waals surface area contributed by atoms with Gasteiger partial charge < -0.3 is 20.3 Å². The third kappa shape index (κ3) is 4.65. The average molecular weight is 470 g/mol. The van der Waals surface area contributed by atoms with E-state index in [9.17, 15) is 25.1 Å². The highest BCUT2D eigenvalue weighted by Crippen LogP contribution is 2.44. The van der Waals surface area contributed by atoms with Crippen molar-refractivity contribution in [2.75, 3.05) is 13.2 Å². The number of rotatable bonds is 7. The summed E-state index contributed by atoms with van der Waals surface area (Å²) >= 11 is 5.66. The zero-order valence-corrected chi connectivity index (χ0v) is 18.0. The number of ether oxygens (including phenoxy) is 1. The Bertz CT molecular complexity index is 1160. The molecule has 10 heteroatoms. The average Bonchev–Trinajstić information content (AvgIpc) is 3.14. The van der Waals surface area contributed by atoms with Gasteiger partial charge in [-0.25, -0.2) is 9.78 Å². The van der Waals surface area contributed by atoms with E-state index in [0.717, 1.165) is 34.5 Å². The minimum Gasteiger partial charge on any atom is -0.449 e. The number of aromatic nitrogens is 1. The minimum atomic E-state index is -1.53. The molecule has 0 spiro atoms. The molecule has 0 aliphatic heterocycles. The predicted molar refractivity (Wildman–Crippen MR) is 120 cm³/mol. The molecule has 1 aromatic heterocycles. The van der Waals surface area contributed by atoms with Crippen LogP contribution in [-0.2, 0) is 4.74 Å². The number of fused-ring (bicyclic) bond motifs is 3. The maximum atomic E-state index is 12.2. The van der Waals surface area contributed by atoms with Crippen LogP contribution in [0.4, 0.5) is 10.5 Å². The Hall–Kier alpha value is -3.53. The van der Waals surface area contributed by atoms with Gasteiger partial charge in [0.05, 0.1) is 4.92 Å². The molecule has 3 N–H and O–H groups in total. The van der Waals surface area contributed by atoms with E-state index in [0.29, 0.717) is 0 Å². The van der Waals surface area contributed by atoms with Gasteiger partial charge in [-0.1, -0.05) is 60.1 Å². The number of nitro groups is 1. The Morgan fingerprint density at radius 2 is 1.76 bits per heavy atom. The number of pyridine rings is 1. The summed E-state index contributed by atoms with van der Waals surface area (Å²) < 4.78 is 5.38. The van der Waals surface area contributed by atoms with Crippen LogP contribution in [0.5, 0.6) is 0 Å². The molecule has 2 aromatic carbocycles. The van der Waals surface area contributed by atoms with Crippen LogP contribution in [0.15, 0.2) is 60.8 Å². The van der Waals surface area contributed by atoms with Gasteiger partial charge in [0.25, 0.3) is 0 Å². The summed E-state index contributed by atoms with van der Waals surface area (Å²) in [6, 6.07) is 16.9. The Labute approximate surface area is 193 Å². The number of alkyl carbamates (subject to hydrolysis) is 1. The van der Waals surface area contributed by atoms with Gasteiger partial charge in [-0.3, -0.25) is 10.1 Å². The van der Waals surface area contributed by atoms with Crippen LogP contribution in [0, 0.1) is 10.1 Å². The minimum absolute atomic E-state index is 0.00654. The van der Waals surface area contributed by atoms with Crippen molar-refractivity contribution < 1.29 is 24.7 Å². The van der Waals surface area contributed by atoms with E-state index in [1.165, 1.54) is 0 Å². The number of aliphatic hydroxyl groups is 2. The maximum Gasteiger partial charge on any atom is 0.407 e. The van der Waals surface area contributed by atoms with Crippen LogP contribution in [0.25, 0.3) is 11.1 Å². The van der Waals surface area contributed by atoms with E-state index in [1.54, 1.807) is 0 Å². The van der Waals surface area contributed by atoms with Crippen LogP contribution in [0.3, 0.4) is 0 Å². The number of amides is 1. The monoisotopic (exact) mass is 469 g/mol. The summed E-state index contributed by atoms with van der Waals surface area (Å²) in [4.78, 5) is 26.1. The van der Waals surface area contributed by atoms with Crippen molar-refractivity contribution >= 4 is 23.4 Å². The number of carbonyl (C=O) groups is 1. The molecule has 0 bridgehead atoms. The van der Waals surface area contributed by atoms with E-state index in [1.807, 2.05) is 48.5 Å². The fraction of sp³-hybridized carbons (Fsp3) is 0.217. The Kier molecular flexibility index (Phi) is 6.55. The first-order chi connectivity index (χ1) is 15.9. The van der Waals surface area contributed by atoms with Crippen LogP contribution in [0.2, 0.25) is 5.15 Å². The van der Waals surface area contributed by atoms with E-state index in [-0.39, 0.29) is 29.8 Å². The Morgan fingerprint density at radius 1 is 1.15 bits per heavy atom. The summed E-state index contributed by atoms with van der Waals surface area (Å²) in [5.74, 6) is -0.112. The molecule has 0 fully saturated rings. The number of nitrogens with zero attached hydrogens (tertiary/aromatic N) is 2. The van der Waals surface area contributed by atoms with Crippen LogP contribution in [0.1, 0.15) is 28.7 Å². The Balaban J connectivity index is 1.35. The van der Waals surface area contributed by atoms with E-state index in [4.69, 9.17) is 16.3 Å². The second kappa shape index (κ2) is 9.53. The number of halogens is 1. The lowest BCUT2D eigenvalue weighted by Crippen LogP contribution is -2.36. The van der Waals surface area contributed by atoms with Crippen molar-refractivity contribution in [3.63, 3.8) is 0 Å². The largest absolute Gasteiger partial charge is 0.449 e. The fourth-order valence-electron chi connectivity index (χ4n) is 3.91.